The second-order valence-electron chi connectivity index (χ2n) is 9.89. The van der Waals surface area contributed by atoms with Crippen molar-refractivity contribution in [1.29, 1.82) is 0 Å². The van der Waals surface area contributed by atoms with Crippen molar-refractivity contribution in [2.24, 2.45) is 0 Å². The zero-order valence-corrected chi connectivity index (χ0v) is 22.9. The van der Waals surface area contributed by atoms with E-state index in [0.29, 0.717) is 37.4 Å². The van der Waals surface area contributed by atoms with E-state index in [1.165, 1.54) is 0 Å². The number of Topliss-reactive ketones (excluding diaryl/α,β-unsaturated/α-hetero) is 1. The van der Waals surface area contributed by atoms with E-state index in [1.54, 1.807) is 7.11 Å². The van der Waals surface area contributed by atoms with Gasteiger partial charge in [-0.3, -0.25) is 9.69 Å². The molecule has 0 radical (unpaired) electrons. The fourth-order valence-electron chi connectivity index (χ4n) is 5.23. The van der Waals surface area contributed by atoms with E-state index < -0.39 is 11.7 Å². The Morgan fingerprint density at radius 1 is 1.02 bits per heavy atom. The van der Waals surface area contributed by atoms with Gasteiger partial charge in [0.05, 0.1) is 23.2 Å². The van der Waals surface area contributed by atoms with Gasteiger partial charge in [0, 0.05) is 62.5 Å². The Balaban J connectivity index is 1.22. The molecule has 0 saturated carbocycles. The minimum Gasteiger partial charge on any atom is -0.495 e. The number of anilines is 1. The highest BCUT2D eigenvalue weighted by molar-refractivity contribution is 6.33. The number of alkyl halides is 3. The first-order valence-corrected chi connectivity index (χ1v) is 13.6. The van der Waals surface area contributed by atoms with Crippen molar-refractivity contribution in [2.45, 2.75) is 25.6 Å². The van der Waals surface area contributed by atoms with E-state index in [4.69, 9.17) is 16.3 Å². The number of rotatable bonds is 9. The summed E-state index contributed by atoms with van der Waals surface area (Å²) in [5, 5.41) is 0.893. The number of methoxy groups -OCH3 is 1. The molecule has 0 N–H and O–H groups in total. The van der Waals surface area contributed by atoms with Gasteiger partial charge in [0.15, 0.2) is 5.78 Å². The third kappa shape index (κ3) is 6.10. The maximum atomic E-state index is 13.3. The predicted octanol–water partition coefficient (Wildman–Crippen LogP) is 6.35. The van der Waals surface area contributed by atoms with Gasteiger partial charge in [-0.2, -0.15) is 13.2 Å². The molecule has 210 valence electrons. The summed E-state index contributed by atoms with van der Waals surface area (Å²) in [6.45, 7) is 4.28. The number of ether oxygens (including phenoxy) is 1. The van der Waals surface area contributed by atoms with Crippen molar-refractivity contribution in [3.63, 3.8) is 0 Å². The molecular formula is C30H30ClF3N4O2. The van der Waals surface area contributed by atoms with E-state index in [2.05, 4.69) is 14.5 Å². The largest absolute Gasteiger partial charge is 0.495 e. The van der Waals surface area contributed by atoms with Gasteiger partial charge in [0.2, 0.25) is 0 Å². The molecular weight excluding hydrogens is 541 g/mol. The molecule has 10 heteroatoms. The average Bonchev–Trinajstić information content (AvgIpc) is 3.32. The van der Waals surface area contributed by atoms with Gasteiger partial charge in [0.1, 0.15) is 11.6 Å². The van der Waals surface area contributed by atoms with Crippen LogP contribution in [0.4, 0.5) is 19.0 Å². The van der Waals surface area contributed by atoms with Crippen molar-refractivity contribution in [2.75, 3.05) is 44.7 Å². The van der Waals surface area contributed by atoms with Crippen LogP contribution in [0.5, 0.6) is 5.75 Å². The lowest BCUT2D eigenvalue weighted by atomic mass is 10.0. The molecule has 0 unspecified atom stereocenters. The number of carbonyl (C=O) groups excluding carboxylic acids is 1. The maximum absolute atomic E-state index is 13.3. The first-order valence-electron chi connectivity index (χ1n) is 13.2. The Morgan fingerprint density at radius 3 is 2.45 bits per heavy atom. The Kier molecular flexibility index (Phi) is 8.32. The van der Waals surface area contributed by atoms with Crippen LogP contribution in [0.15, 0.2) is 67.0 Å². The Morgan fingerprint density at radius 2 is 1.77 bits per heavy atom. The van der Waals surface area contributed by atoms with Gasteiger partial charge in [-0.15, -0.1) is 0 Å². The van der Waals surface area contributed by atoms with Gasteiger partial charge < -0.3 is 14.2 Å². The van der Waals surface area contributed by atoms with Crippen LogP contribution in [0.2, 0.25) is 5.02 Å². The molecule has 1 aliphatic rings. The number of para-hydroxylation sites is 1. The third-order valence-corrected chi connectivity index (χ3v) is 7.56. The second-order valence-corrected chi connectivity index (χ2v) is 10.3. The summed E-state index contributed by atoms with van der Waals surface area (Å²) in [5.41, 5.74) is 1.73. The molecule has 0 amide bonds. The smallest absolute Gasteiger partial charge is 0.417 e. The number of hydrogen-bond acceptors (Lipinski definition) is 5. The molecule has 1 aliphatic heterocycles. The summed E-state index contributed by atoms with van der Waals surface area (Å²) < 4.78 is 46.6. The van der Waals surface area contributed by atoms with E-state index in [0.717, 1.165) is 60.5 Å². The van der Waals surface area contributed by atoms with Crippen molar-refractivity contribution in [3.05, 3.63) is 88.7 Å². The number of carbonyl (C=O) groups is 1. The molecule has 5 rings (SSSR count). The SMILES string of the molecule is COc1cccc2c(C(=O)Cc3ccccc3)cn(CCCN3CCN(c4ncc(C(F)(F)F)cc4Cl)CC3)c12. The number of fused-ring (bicyclic) bond motifs is 1. The zero-order chi connectivity index (χ0) is 28.3. The average molecular weight is 571 g/mol. The number of aromatic nitrogens is 2. The molecule has 3 heterocycles. The quantitative estimate of drug-likeness (QED) is 0.219. The van der Waals surface area contributed by atoms with Gasteiger partial charge in [-0.1, -0.05) is 54.1 Å². The Bertz CT molecular complexity index is 1480. The zero-order valence-electron chi connectivity index (χ0n) is 22.1. The molecule has 1 saturated heterocycles. The first kappa shape index (κ1) is 28.0. The highest BCUT2D eigenvalue weighted by Gasteiger charge is 2.32. The summed E-state index contributed by atoms with van der Waals surface area (Å²) in [5.74, 6) is 1.17. The predicted molar refractivity (Wildman–Crippen MR) is 150 cm³/mol. The minimum atomic E-state index is -4.47. The second kappa shape index (κ2) is 11.9. The lowest BCUT2D eigenvalue weighted by Crippen LogP contribution is -2.47. The summed E-state index contributed by atoms with van der Waals surface area (Å²) in [6, 6.07) is 16.4. The van der Waals surface area contributed by atoms with Crippen molar-refractivity contribution < 1.29 is 22.7 Å². The molecule has 0 aliphatic carbocycles. The van der Waals surface area contributed by atoms with E-state index >= 15 is 0 Å². The standard InChI is InChI=1S/C30H30ClF3N4O2/c1-40-27-10-5-9-23-24(26(39)17-21-7-3-2-4-8-21)20-38(28(23)27)12-6-11-36-13-15-37(16-14-36)29-25(31)18-22(19-35-29)30(32,33)34/h2-5,7-10,18-20H,6,11-17H2,1H3. The molecule has 2 aromatic heterocycles. The molecule has 40 heavy (non-hydrogen) atoms. The number of halogens is 4. The minimum absolute atomic E-state index is 0.00863. The Hall–Kier alpha value is -3.56. The van der Waals surface area contributed by atoms with Crippen molar-refractivity contribution in [3.8, 4) is 5.75 Å². The summed E-state index contributed by atoms with van der Waals surface area (Å²) in [4.78, 5) is 21.5. The highest BCUT2D eigenvalue weighted by Crippen LogP contribution is 2.34. The highest BCUT2D eigenvalue weighted by atomic mass is 35.5. The molecule has 6 nitrogen and oxygen atoms in total. The monoisotopic (exact) mass is 570 g/mol. The lowest BCUT2D eigenvalue weighted by molar-refractivity contribution is -0.137. The summed E-state index contributed by atoms with van der Waals surface area (Å²) in [6.07, 6.45) is -0.512. The van der Waals surface area contributed by atoms with Gasteiger partial charge in [0.25, 0.3) is 0 Å². The lowest BCUT2D eigenvalue weighted by Gasteiger charge is -2.35. The number of hydrogen-bond donors (Lipinski definition) is 0. The van der Waals surface area contributed by atoms with Crippen LogP contribution in [-0.4, -0.2) is 60.1 Å². The first-order chi connectivity index (χ1) is 19.2. The fraction of sp³-hybridized carbons (Fsp3) is 0.333. The molecule has 0 spiro atoms. The van der Waals surface area contributed by atoms with E-state index in [9.17, 15) is 18.0 Å². The third-order valence-electron chi connectivity index (χ3n) is 7.28. The fourth-order valence-corrected chi connectivity index (χ4v) is 5.52. The van der Waals surface area contributed by atoms with Crippen molar-refractivity contribution in [1.82, 2.24) is 14.5 Å². The summed E-state index contributed by atoms with van der Waals surface area (Å²) in [7, 11) is 1.63. The van der Waals surface area contributed by atoms with Crippen LogP contribution in [0, 0.1) is 0 Å². The van der Waals surface area contributed by atoms with Crippen molar-refractivity contribution >= 4 is 34.1 Å². The molecule has 0 atom stereocenters. The van der Waals surface area contributed by atoms with E-state index in [1.807, 2.05) is 59.6 Å². The molecule has 1 fully saturated rings. The topological polar surface area (TPSA) is 50.6 Å². The summed E-state index contributed by atoms with van der Waals surface area (Å²) >= 11 is 6.14. The normalized spacial score (nSPS) is 14.6. The van der Waals surface area contributed by atoms with Gasteiger partial charge >= 0.3 is 6.18 Å². The van der Waals surface area contributed by atoms with Crippen LogP contribution >= 0.6 is 11.6 Å². The van der Waals surface area contributed by atoms with Gasteiger partial charge in [-0.05, 0) is 30.7 Å². The van der Waals surface area contributed by atoms with Crippen LogP contribution in [-0.2, 0) is 19.1 Å². The number of aryl methyl sites for hydroxylation is 1. The van der Waals surface area contributed by atoms with Gasteiger partial charge in [-0.25, -0.2) is 4.98 Å². The Labute approximate surface area is 235 Å². The van der Waals surface area contributed by atoms with Crippen LogP contribution in [0.1, 0.15) is 27.9 Å². The molecule has 0 bridgehead atoms. The molecule has 2 aromatic carbocycles. The molecule has 4 aromatic rings. The maximum Gasteiger partial charge on any atom is 0.417 e. The number of ketones is 1. The number of benzene rings is 2. The van der Waals surface area contributed by atoms with Crippen LogP contribution in [0.3, 0.4) is 0 Å². The van der Waals surface area contributed by atoms with Crippen LogP contribution in [0.25, 0.3) is 10.9 Å². The number of pyridine rings is 1. The van der Waals surface area contributed by atoms with Crippen LogP contribution < -0.4 is 9.64 Å². The number of piperazine rings is 1. The van der Waals surface area contributed by atoms with E-state index in [-0.39, 0.29) is 10.8 Å². The number of nitrogens with zero attached hydrogens (tertiary/aromatic N) is 4.